The van der Waals surface area contributed by atoms with Crippen LogP contribution >= 0.6 is 0 Å². The van der Waals surface area contributed by atoms with Crippen LogP contribution in [-0.4, -0.2) is 84.5 Å². The molecule has 0 spiro atoms. The summed E-state index contributed by atoms with van der Waals surface area (Å²) < 4.78 is 12.3. The van der Waals surface area contributed by atoms with Gasteiger partial charge in [0.25, 0.3) is 0 Å². The predicted molar refractivity (Wildman–Crippen MR) is 214 cm³/mol. The van der Waals surface area contributed by atoms with Gasteiger partial charge in [0, 0.05) is 61.9 Å². The Morgan fingerprint density at radius 1 is 0.625 bits per heavy atom. The number of hydrazone groups is 2. The fraction of sp³-hybridized carbons (Fsp3) is 0.950. The summed E-state index contributed by atoms with van der Waals surface area (Å²) in [4.78, 5) is 15.2. The summed E-state index contributed by atoms with van der Waals surface area (Å²) in [6.45, 7) is 0. The van der Waals surface area contributed by atoms with Gasteiger partial charge in [-0.25, -0.2) is 5.26 Å². The number of nitrogens with one attached hydrogen (secondary N) is 3. The monoisotopic (exact) mass is 787 g/mol. The third kappa shape index (κ3) is 12.4. The van der Waals surface area contributed by atoms with Crippen molar-refractivity contribution in [1.82, 2.24) is 16.3 Å². The van der Waals surface area contributed by atoms with E-state index >= 15 is 0 Å². The molecule has 0 saturated heterocycles. The maximum absolute atomic E-state index is 11.2. The highest BCUT2D eigenvalue weighted by Gasteiger charge is 2.41. The minimum Gasteiger partial charge on any atom is -0.381 e. The van der Waals surface area contributed by atoms with E-state index in [1.807, 2.05) is 7.11 Å². The molecule has 0 aromatic heterocycles. The van der Waals surface area contributed by atoms with Crippen LogP contribution in [0.25, 0.3) is 0 Å². The number of amidine groups is 2. The second-order valence-electron chi connectivity index (χ2n) is 17.7. The summed E-state index contributed by atoms with van der Waals surface area (Å²) in [6, 6.07) is 0.250. The van der Waals surface area contributed by atoms with Crippen molar-refractivity contribution < 1.29 is 24.6 Å². The average Bonchev–Trinajstić information content (AvgIpc) is 3.25. The molecule has 0 amide bonds. The molecule has 0 aromatic carbocycles. The second kappa shape index (κ2) is 22.5. The van der Waals surface area contributed by atoms with Gasteiger partial charge >= 0.3 is 0 Å². The van der Waals surface area contributed by atoms with E-state index in [2.05, 4.69) is 21.3 Å². The molecule has 6 rings (SSSR count). The zero-order valence-electron chi connectivity index (χ0n) is 34.0. The number of rotatable bonds is 14. The third-order valence-corrected chi connectivity index (χ3v) is 14.1. The van der Waals surface area contributed by atoms with Gasteiger partial charge in [0.15, 0.2) is 11.7 Å². The lowest BCUT2D eigenvalue weighted by Gasteiger charge is -2.43. The number of nitro groups is 1. The first kappa shape index (κ1) is 42.9. The second-order valence-corrected chi connectivity index (χ2v) is 17.7. The highest BCUT2D eigenvalue weighted by molar-refractivity contribution is 5.85. The van der Waals surface area contributed by atoms with Gasteiger partial charge in [0.05, 0.1) is 24.3 Å². The Kier molecular flexibility index (Phi) is 17.2. The lowest BCUT2D eigenvalue weighted by Crippen LogP contribution is -2.45. The smallest absolute Gasteiger partial charge is 0.213 e. The topological polar surface area (TPSA) is 201 Å². The average molecular weight is 787 g/mol. The first-order valence-corrected chi connectivity index (χ1v) is 22.2. The normalized spacial score (nSPS) is 36.2. The first-order chi connectivity index (χ1) is 27.4. The van der Waals surface area contributed by atoms with E-state index in [0.29, 0.717) is 36.5 Å². The SMILES string of the molecule is COC1CC(C2CCC(NN=C(N=NC3CCC(NOO)CC3)C3CCCCC3)CC2OC)CCC1N=N/C(=N\NC1CCC([N+](=O)[O-])CC1)C1CCCCC1. The van der Waals surface area contributed by atoms with Crippen LogP contribution in [0.15, 0.2) is 30.7 Å². The summed E-state index contributed by atoms with van der Waals surface area (Å²) >= 11 is 0. The molecule has 4 N–H and O–H groups in total. The zero-order chi connectivity index (χ0) is 39.1. The summed E-state index contributed by atoms with van der Waals surface area (Å²) in [5.41, 5.74) is 9.54. The first-order valence-electron chi connectivity index (χ1n) is 22.2. The van der Waals surface area contributed by atoms with Crippen LogP contribution in [0.5, 0.6) is 0 Å². The Morgan fingerprint density at radius 2 is 1.20 bits per heavy atom. The number of ether oxygens (including phenoxy) is 2. The largest absolute Gasteiger partial charge is 0.381 e. The van der Waals surface area contributed by atoms with Gasteiger partial charge in [-0.3, -0.25) is 10.1 Å². The standard InChI is InChI=1S/C40H70N10O6/c1-54-37-26-33(43-47-39(27-9-5-3-6-10-27)45-41-30-14-16-32(17-15-30)49-56-53)20-23-35(37)29-13-24-36(38(25-29)55-2)44-48-40(28-11-7-4-8-12-28)46-42-31-18-21-34(22-19-31)50(51)52/h27-38,42-43,49,53H,3-26H2,1-2H3/b45-41?,46-40-,47-39?,48-44?. The van der Waals surface area contributed by atoms with Crippen LogP contribution in [0.4, 0.5) is 0 Å². The van der Waals surface area contributed by atoms with Gasteiger partial charge in [-0.1, -0.05) is 38.5 Å². The van der Waals surface area contributed by atoms with Gasteiger partial charge in [-0.15, -0.1) is 15.2 Å². The maximum atomic E-state index is 11.2. The highest BCUT2D eigenvalue weighted by atomic mass is 17.2. The Hall–Kier alpha value is -2.66. The fourth-order valence-electron chi connectivity index (χ4n) is 10.5. The number of methoxy groups -OCH3 is 2. The molecule has 6 fully saturated rings. The molecule has 6 unspecified atom stereocenters. The van der Waals surface area contributed by atoms with Crippen molar-refractivity contribution in [2.45, 2.75) is 203 Å². The fourth-order valence-corrected chi connectivity index (χ4v) is 10.5. The highest BCUT2D eigenvalue weighted by Crippen LogP contribution is 2.41. The molecule has 6 saturated carbocycles. The van der Waals surface area contributed by atoms with Crippen LogP contribution in [0.3, 0.4) is 0 Å². The van der Waals surface area contributed by atoms with E-state index in [9.17, 15) is 10.1 Å². The number of nitrogens with zero attached hydrogens (tertiary/aromatic N) is 7. The molecule has 6 aliphatic carbocycles. The number of hydrogen-bond donors (Lipinski definition) is 4. The van der Waals surface area contributed by atoms with Crippen molar-refractivity contribution in [1.29, 1.82) is 0 Å². The molecule has 0 aliphatic heterocycles. The summed E-state index contributed by atoms with van der Waals surface area (Å²) in [6.07, 6.45) is 24.0. The van der Waals surface area contributed by atoms with Crippen LogP contribution in [-0.2, 0) is 14.5 Å². The molecular weight excluding hydrogens is 717 g/mol. The number of azo groups is 2. The molecule has 6 aliphatic rings. The van der Waals surface area contributed by atoms with E-state index in [0.717, 1.165) is 114 Å². The van der Waals surface area contributed by atoms with E-state index in [4.69, 9.17) is 45.4 Å². The van der Waals surface area contributed by atoms with Crippen molar-refractivity contribution in [3.8, 4) is 0 Å². The molecule has 16 nitrogen and oxygen atoms in total. The van der Waals surface area contributed by atoms with E-state index in [-0.39, 0.29) is 47.3 Å². The van der Waals surface area contributed by atoms with Crippen LogP contribution in [0.2, 0.25) is 0 Å². The lowest BCUT2D eigenvalue weighted by atomic mass is 9.69. The van der Waals surface area contributed by atoms with Crippen molar-refractivity contribution in [3.63, 3.8) is 0 Å². The summed E-state index contributed by atoms with van der Waals surface area (Å²) in [5.74, 6) is 3.21. The molecule has 16 heteroatoms. The number of hydroxylamine groups is 1. The van der Waals surface area contributed by atoms with Gasteiger partial charge in [0.1, 0.15) is 0 Å². The lowest BCUT2D eigenvalue weighted by molar-refractivity contribution is -0.526. The molecule has 0 bridgehead atoms. The number of hydrogen-bond acceptors (Lipinski definition) is 13. The van der Waals surface area contributed by atoms with Crippen molar-refractivity contribution in [2.24, 2.45) is 54.3 Å². The predicted octanol–water partition coefficient (Wildman–Crippen LogP) is 8.12. The van der Waals surface area contributed by atoms with Crippen molar-refractivity contribution in [2.75, 3.05) is 14.2 Å². The molecule has 0 radical (unpaired) electrons. The Morgan fingerprint density at radius 3 is 1.79 bits per heavy atom. The molecule has 6 atom stereocenters. The van der Waals surface area contributed by atoms with Crippen molar-refractivity contribution >= 4 is 11.7 Å². The van der Waals surface area contributed by atoms with Gasteiger partial charge in [0.2, 0.25) is 6.04 Å². The molecule has 0 heterocycles. The molecule has 56 heavy (non-hydrogen) atoms. The minimum atomic E-state index is -0.433. The maximum Gasteiger partial charge on any atom is 0.213 e. The molecule has 316 valence electrons. The van der Waals surface area contributed by atoms with Crippen LogP contribution < -0.4 is 16.3 Å². The zero-order valence-corrected chi connectivity index (χ0v) is 34.0. The summed E-state index contributed by atoms with van der Waals surface area (Å²) in [7, 11) is 3.65. The van der Waals surface area contributed by atoms with Crippen molar-refractivity contribution in [3.05, 3.63) is 10.1 Å². The van der Waals surface area contributed by atoms with Gasteiger partial charge < -0.3 is 20.3 Å². The third-order valence-electron chi connectivity index (χ3n) is 14.1. The van der Waals surface area contributed by atoms with Crippen LogP contribution in [0, 0.1) is 33.8 Å². The molecule has 0 aromatic rings. The quantitative estimate of drug-likeness (QED) is 0.0335. The Balaban J connectivity index is 1.02. The Bertz CT molecular complexity index is 1310. The van der Waals surface area contributed by atoms with Gasteiger partial charge in [-0.2, -0.15) is 25.9 Å². The van der Waals surface area contributed by atoms with Gasteiger partial charge in [-0.05, 0) is 115 Å². The molecular formula is C40H70N10O6. The van der Waals surface area contributed by atoms with E-state index < -0.39 is 6.04 Å². The minimum absolute atomic E-state index is 0.00818. The Labute approximate surface area is 333 Å². The summed E-state index contributed by atoms with van der Waals surface area (Å²) in [5, 5.41) is 49.1. The van der Waals surface area contributed by atoms with Crippen LogP contribution in [0.1, 0.15) is 154 Å². The van der Waals surface area contributed by atoms with E-state index in [1.54, 1.807) is 7.11 Å². The van der Waals surface area contributed by atoms with E-state index in [1.165, 1.54) is 38.5 Å².